The Morgan fingerprint density at radius 3 is 2.73 bits per heavy atom. The lowest BCUT2D eigenvalue weighted by Crippen LogP contribution is -2.32. The fourth-order valence-corrected chi connectivity index (χ4v) is 2.99. The summed E-state index contributed by atoms with van der Waals surface area (Å²) in [5, 5.41) is 10.7. The highest BCUT2D eigenvalue weighted by molar-refractivity contribution is 5.92. The van der Waals surface area contributed by atoms with E-state index < -0.39 is 0 Å². The Labute approximate surface area is 151 Å². The van der Waals surface area contributed by atoms with Gasteiger partial charge in [0.2, 0.25) is 5.88 Å². The van der Waals surface area contributed by atoms with E-state index in [1.165, 1.54) is 0 Å². The monoisotopic (exact) mass is 354 g/mol. The molecule has 0 radical (unpaired) electrons. The summed E-state index contributed by atoms with van der Waals surface area (Å²) in [6.45, 7) is 5.73. The molecule has 3 aromatic rings. The van der Waals surface area contributed by atoms with Gasteiger partial charge in [-0.25, -0.2) is 9.78 Å². The van der Waals surface area contributed by atoms with Gasteiger partial charge in [-0.1, -0.05) is 12.1 Å². The smallest absolute Gasteiger partial charge is 0.319 e. The number of ether oxygens (including phenoxy) is 1. The third kappa shape index (κ3) is 3.61. The zero-order valence-electron chi connectivity index (χ0n) is 15.3. The first-order valence-electron chi connectivity index (χ1n) is 8.47. The second kappa shape index (κ2) is 7.43. The number of anilines is 1. The minimum Gasteiger partial charge on any atom is -0.481 e. The van der Waals surface area contributed by atoms with Gasteiger partial charge in [-0.05, 0) is 44.5 Å². The molecule has 1 atom stereocenters. The molecule has 1 aromatic carbocycles. The van der Waals surface area contributed by atoms with Gasteiger partial charge in [-0.3, -0.25) is 0 Å². The summed E-state index contributed by atoms with van der Waals surface area (Å²) in [4.78, 5) is 16.8. The number of rotatable bonds is 5. The van der Waals surface area contributed by atoms with Crippen molar-refractivity contribution < 1.29 is 14.1 Å². The van der Waals surface area contributed by atoms with Crippen LogP contribution in [0, 0.1) is 13.8 Å². The number of aromatic nitrogens is 2. The normalized spacial score (nSPS) is 12.0. The van der Waals surface area contributed by atoms with E-state index >= 15 is 0 Å². The number of aryl methyl sites for hydroxylation is 2. The zero-order valence-corrected chi connectivity index (χ0v) is 15.3. The first-order chi connectivity index (χ1) is 12.5. The maximum Gasteiger partial charge on any atom is 0.319 e. The van der Waals surface area contributed by atoms with Crippen molar-refractivity contribution >= 4 is 22.6 Å². The molecule has 1 unspecified atom stereocenters. The van der Waals surface area contributed by atoms with Crippen LogP contribution in [0.3, 0.4) is 0 Å². The number of amides is 2. The number of nitrogens with zero attached hydrogens (tertiary/aromatic N) is 2. The molecule has 2 amide bonds. The van der Waals surface area contributed by atoms with E-state index in [4.69, 9.17) is 9.26 Å². The van der Waals surface area contributed by atoms with Crippen LogP contribution in [0.4, 0.5) is 10.5 Å². The number of nitrogens with one attached hydrogen (secondary N) is 2. The first kappa shape index (κ1) is 17.7. The van der Waals surface area contributed by atoms with Crippen LogP contribution in [0.2, 0.25) is 0 Å². The summed E-state index contributed by atoms with van der Waals surface area (Å²) in [7, 11) is 1.58. The Morgan fingerprint density at radius 2 is 2.08 bits per heavy atom. The largest absolute Gasteiger partial charge is 0.481 e. The Morgan fingerprint density at radius 1 is 1.27 bits per heavy atom. The standard InChI is InChI=1S/C19H22N4O3/c1-5-15(18-11(2)23-26-12(18)3)22-19(24)20-14-7-8-16-13(10-14)6-9-17(21-16)25-4/h6-10,15H,5H2,1-4H3,(H2,20,22,24). The zero-order chi connectivity index (χ0) is 18.7. The van der Waals surface area contributed by atoms with E-state index in [1.54, 1.807) is 13.2 Å². The van der Waals surface area contributed by atoms with Gasteiger partial charge in [0.15, 0.2) is 0 Å². The predicted octanol–water partition coefficient (Wildman–Crippen LogP) is 4.12. The molecular formula is C19H22N4O3. The number of hydrogen-bond acceptors (Lipinski definition) is 5. The Hall–Kier alpha value is -3.09. The molecule has 0 fully saturated rings. The summed E-state index contributed by atoms with van der Waals surface area (Å²) >= 11 is 0. The minimum atomic E-state index is -0.280. The molecule has 3 rings (SSSR count). The average molecular weight is 354 g/mol. The number of methoxy groups -OCH3 is 1. The fourth-order valence-electron chi connectivity index (χ4n) is 2.99. The Kier molecular flexibility index (Phi) is 5.06. The molecule has 7 nitrogen and oxygen atoms in total. The van der Waals surface area contributed by atoms with E-state index in [9.17, 15) is 4.79 Å². The van der Waals surface area contributed by atoms with Crippen molar-refractivity contribution in [3.63, 3.8) is 0 Å². The predicted molar refractivity (Wildman–Crippen MR) is 99.5 cm³/mol. The van der Waals surface area contributed by atoms with Crippen LogP contribution in [-0.2, 0) is 0 Å². The molecule has 0 aliphatic heterocycles. The molecule has 0 spiro atoms. The molecule has 2 N–H and O–H groups in total. The summed E-state index contributed by atoms with van der Waals surface area (Å²) < 4.78 is 10.3. The van der Waals surface area contributed by atoms with E-state index in [0.717, 1.165) is 34.3 Å². The molecule has 0 aliphatic carbocycles. The maximum atomic E-state index is 12.4. The van der Waals surface area contributed by atoms with Crippen molar-refractivity contribution in [1.82, 2.24) is 15.5 Å². The number of carbonyl (C=O) groups is 1. The molecule has 26 heavy (non-hydrogen) atoms. The highest BCUT2D eigenvalue weighted by Gasteiger charge is 2.20. The first-order valence-corrected chi connectivity index (χ1v) is 8.47. The number of urea groups is 1. The van der Waals surface area contributed by atoms with Gasteiger partial charge in [0.1, 0.15) is 5.76 Å². The van der Waals surface area contributed by atoms with Gasteiger partial charge in [0, 0.05) is 22.7 Å². The van der Waals surface area contributed by atoms with Crippen LogP contribution in [0.25, 0.3) is 10.9 Å². The summed E-state index contributed by atoms with van der Waals surface area (Å²) in [5.41, 5.74) is 3.21. The second-order valence-corrected chi connectivity index (χ2v) is 6.06. The molecule has 0 aliphatic rings. The second-order valence-electron chi connectivity index (χ2n) is 6.06. The highest BCUT2D eigenvalue weighted by atomic mass is 16.5. The summed E-state index contributed by atoms with van der Waals surface area (Å²) in [6, 6.07) is 8.78. The minimum absolute atomic E-state index is 0.160. The van der Waals surface area contributed by atoms with Crippen LogP contribution in [0.1, 0.15) is 36.4 Å². The molecule has 2 heterocycles. The van der Waals surface area contributed by atoms with Gasteiger partial charge in [0.05, 0.1) is 24.4 Å². The molecule has 2 aromatic heterocycles. The third-order valence-electron chi connectivity index (χ3n) is 4.28. The van der Waals surface area contributed by atoms with Crippen LogP contribution in [0.15, 0.2) is 34.9 Å². The third-order valence-corrected chi connectivity index (χ3v) is 4.28. The van der Waals surface area contributed by atoms with Crippen LogP contribution in [-0.4, -0.2) is 23.3 Å². The highest BCUT2D eigenvalue weighted by Crippen LogP contribution is 2.24. The molecular weight excluding hydrogens is 332 g/mol. The fraction of sp³-hybridized carbons (Fsp3) is 0.316. The van der Waals surface area contributed by atoms with Gasteiger partial charge in [0.25, 0.3) is 0 Å². The molecule has 7 heteroatoms. The van der Waals surface area contributed by atoms with E-state index in [-0.39, 0.29) is 12.1 Å². The van der Waals surface area contributed by atoms with Crippen LogP contribution >= 0.6 is 0 Å². The topological polar surface area (TPSA) is 89.3 Å². The lowest BCUT2D eigenvalue weighted by atomic mass is 10.0. The Balaban J connectivity index is 1.74. The molecule has 0 saturated carbocycles. The van der Waals surface area contributed by atoms with Crippen LogP contribution in [0.5, 0.6) is 5.88 Å². The van der Waals surface area contributed by atoms with Crippen molar-refractivity contribution in [1.29, 1.82) is 0 Å². The Bertz CT molecular complexity index is 916. The van der Waals surface area contributed by atoms with Gasteiger partial charge < -0.3 is 19.9 Å². The number of carbonyl (C=O) groups excluding carboxylic acids is 1. The lowest BCUT2D eigenvalue weighted by Gasteiger charge is -2.17. The molecule has 136 valence electrons. The van der Waals surface area contributed by atoms with Crippen molar-refractivity contribution in [3.8, 4) is 5.88 Å². The van der Waals surface area contributed by atoms with E-state index in [2.05, 4.69) is 20.8 Å². The van der Waals surface area contributed by atoms with Gasteiger partial charge in [-0.15, -0.1) is 0 Å². The molecule has 0 saturated heterocycles. The number of fused-ring (bicyclic) bond motifs is 1. The number of benzene rings is 1. The van der Waals surface area contributed by atoms with Crippen molar-refractivity contribution in [3.05, 3.63) is 47.3 Å². The average Bonchev–Trinajstić information content (AvgIpc) is 2.97. The quantitative estimate of drug-likeness (QED) is 0.719. The number of pyridine rings is 1. The maximum absolute atomic E-state index is 12.4. The summed E-state index contributed by atoms with van der Waals surface area (Å²) in [5.74, 6) is 1.28. The van der Waals surface area contributed by atoms with Gasteiger partial charge in [-0.2, -0.15) is 0 Å². The van der Waals surface area contributed by atoms with Crippen molar-refractivity contribution in [2.45, 2.75) is 33.2 Å². The van der Waals surface area contributed by atoms with Gasteiger partial charge >= 0.3 is 6.03 Å². The molecule has 0 bridgehead atoms. The van der Waals surface area contributed by atoms with Crippen molar-refractivity contribution in [2.24, 2.45) is 0 Å². The van der Waals surface area contributed by atoms with Crippen molar-refractivity contribution in [2.75, 3.05) is 12.4 Å². The SMILES string of the molecule is CCC(NC(=O)Nc1ccc2nc(OC)ccc2c1)c1c(C)noc1C. The lowest BCUT2D eigenvalue weighted by molar-refractivity contribution is 0.248. The number of hydrogen-bond donors (Lipinski definition) is 2. The van der Waals surface area contributed by atoms with E-state index in [0.29, 0.717) is 11.6 Å². The van der Waals surface area contributed by atoms with Crippen LogP contribution < -0.4 is 15.4 Å². The summed E-state index contributed by atoms with van der Waals surface area (Å²) in [6.07, 6.45) is 0.734. The van der Waals surface area contributed by atoms with E-state index in [1.807, 2.05) is 45.0 Å².